The Hall–Kier alpha value is -1.33. The number of aromatic nitrogens is 2. The Morgan fingerprint density at radius 2 is 1.81 bits per heavy atom. The lowest BCUT2D eigenvalue weighted by Gasteiger charge is -2.41. The van der Waals surface area contributed by atoms with Gasteiger partial charge in [-0.2, -0.15) is 0 Å². The van der Waals surface area contributed by atoms with Gasteiger partial charge in [-0.3, -0.25) is 4.79 Å². The largest absolute Gasteiger partial charge is 0.330 e. The van der Waals surface area contributed by atoms with Gasteiger partial charge < -0.3 is 18.9 Å². The van der Waals surface area contributed by atoms with E-state index >= 15 is 0 Å². The van der Waals surface area contributed by atoms with Gasteiger partial charge in [-0.25, -0.2) is 4.98 Å². The van der Waals surface area contributed by atoms with Crippen LogP contribution in [-0.4, -0.2) is 34.8 Å². The summed E-state index contributed by atoms with van der Waals surface area (Å²) in [4.78, 5) is 18.2. The van der Waals surface area contributed by atoms with Gasteiger partial charge in [0.25, 0.3) is 5.56 Å². The maximum Gasteiger partial charge on any atom is 0.282 e. The quantitative estimate of drug-likeness (QED) is 0.769. The van der Waals surface area contributed by atoms with Gasteiger partial charge in [0.2, 0.25) is 8.38 Å². The second-order valence-electron chi connectivity index (χ2n) is 7.31. The molecule has 1 N–H and O–H groups in total. The van der Waals surface area contributed by atoms with Crippen molar-refractivity contribution in [3.8, 4) is 0 Å². The van der Waals surface area contributed by atoms with Gasteiger partial charge in [0.05, 0.1) is 24.2 Å². The Labute approximate surface area is 161 Å². The molecular weight excluding hydrogens is 361 g/mol. The fourth-order valence-corrected chi connectivity index (χ4v) is 5.70. The minimum atomic E-state index is -1.46. The van der Waals surface area contributed by atoms with E-state index in [4.69, 9.17) is 9.05 Å². The SMILES string of the molecule is CCOP(OCC)c1nc2ccccc2n(C2CC3CCCC(C2)N3)c1=O. The van der Waals surface area contributed by atoms with Gasteiger partial charge in [-0.1, -0.05) is 18.6 Å². The summed E-state index contributed by atoms with van der Waals surface area (Å²) < 4.78 is 13.5. The van der Waals surface area contributed by atoms with E-state index in [1.807, 2.05) is 42.7 Å². The molecule has 0 saturated carbocycles. The molecule has 2 saturated heterocycles. The first kappa shape index (κ1) is 19.0. The third-order valence-corrected chi connectivity index (χ3v) is 7.12. The second kappa shape index (κ2) is 8.36. The van der Waals surface area contributed by atoms with Crippen LogP contribution in [0.1, 0.15) is 52.0 Å². The summed E-state index contributed by atoms with van der Waals surface area (Å²) in [6.45, 7) is 4.83. The average Bonchev–Trinajstić information content (AvgIpc) is 2.67. The first-order valence-corrected chi connectivity index (χ1v) is 11.2. The van der Waals surface area contributed by atoms with Gasteiger partial charge in [0, 0.05) is 18.1 Å². The van der Waals surface area contributed by atoms with Crippen LogP contribution in [0.3, 0.4) is 0 Å². The minimum Gasteiger partial charge on any atom is -0.330 e. The number of nitrogens with zero attached hydrogens (tertiary/aromatic N) is 2. The van der Waals surface area contributed by atoms with Gasteiger partial charge in [0.15, 0.2) is 5.44 Å². The summed E-state index contributed by atoms with van der Waals surface area (Å²) in [7, 11) is -1.46. The van der Waals surface area contributed by atoms with Crippen LogP contribution in [0.4, 0.5) is 0 Å². The Kier molecular flexibility index (Phi) is 5.88. The lowest BCUT2D eigenvalue weighted by atomic mass is 9.84. The molecule has 1 aromatic heterocycles. The molecule has 4 rings (SSSR count). The standard InChI is InChI=1S/C20H28N3O3P/c1-3-25-27(26-4-2)19-20(24)23(18-11-6-5-10-17(18)22-19)16-12-14-8-7-9-15(13-16)21-14/h5-6,10-11,14-16,21H,3-4,7-9,12-13H2,1-2H3. The Balaban J connectivity index is 1.83. The first-order chi connectivity index (χ1) is 13.2. The van der Waals surface area contributed by atoms with Gasteiger partial charge in [-0.15, -0.1) is 0 Å². The highest BCUT2D eigenvalue weighted by Gasteiger charge is 2.34. The molecule has 0 radical (unpaired) electrons. The monoisotopic (exact) mass is 389 g/mol. The Morgan fingerprint density at radius 3 is 2.48 bits per heavy atom. The number of benzene rings is 1. The van der Waals surface area contributed by atoms with Crippen LogP contribution >= 0.6 is 8.38 Å². The molecule has 27 heavy (non-hydrogen) atoms. The highest BCUT2D eigenvalue weighted by atomic mass is 31.2. The third-order valence-electron chi connectivity index (χ3n) is 5.50. The highest BCUT2D eigenvalue weighted by molar-refractivity contribution is 7.55. The van der Waals surface area contributed by atoms with Crippen molar-refractivity contribution in [1.29, 1.82) is 0 Å². The maximum atomic E-state index is 13.5. The smallest absolute Gasteiger partial charge is 0.282 e. The molecule has 2 unspecified atom stereocenters. The van der Waals surface area contributed by atoms with Crippen molar-refractivity contribution in [2.45, 2.75) is 64.1 Å². The molecule has 3 heterocycles. The molecule has 1 aromatic carbocycles. The van der Waals surface area contributed by atoms with E-state index in [2.05, 4.69) is 10.3 Å². The van der Waals surface area contributed by atoms with E-state index in [1.54, 1.807) is 0 Å². The molecular formula is C20H28N3O3P. The summed E-state index contributed by atoms with van der Waals surface area (Å²) in [6, 6.07) is 9.14. The van der Waals surface area contributed by atoms with Crippen LogP contribution in [0.2, 0.25) is 0 Å². The van der Waals surface area contributed by atoms with Crippen LogP contribution in [0.25, 0.3) is 11.0 Å². The average molecular weight is 389 g/mol. The van der Waals surface area contributed by atoms with Crippen molar-refractivity contribution in [3.05, 3.63) is 34.6 Å². The predicted molar refractivity (Wildman–Crippen MR) is 109 cm³/mol. The normalized spacial score (nSPS) is 25.2. The van der Waals surface area contributed by atoms with E-state index in [1.165, 1.54) is 19.3 Å². The first-order valence-electron chi connectivity index (χ1n) is 10.0. The molecule has 7 heteroatoms. The molecule has 2 atom stereocenters. The zero-order valence-electron chi connectivity index (χ0n) is 16.1. The molecule has 2 aliphatic rings. The Bertz CT molecular complexity index is 838. The highest BCUT2D eigenvalue weighted by Crippen LogP contribution is 2.37. The molecule has 2 fully saturated rings. The van der Waals surface area contributed by atoms with Crippen molar-refractivity contribution in [2.75, 3.05) is 13.2 Å². The van der Waals surface area contributed by atoms with Gasteiger partial charge in [0.1, 0.15) is 0 Å². The predicted octanol–water partition coefficient (Wildman–Crippen LogP) is 3.25. The number of rotatable bonds is 6. The summed E-state index contributed by atoms with van der Waals surface area (Å²) in [5.41, 5.74) is 2.13. The Morgan fingerprint density at radius 1 is 1.15 bits per heavy atom. The lowest BCUT2D eigenvalue weighted by Crippen LogP contribution is -2.51. The molecule has 2 bridgehead atoms. The number of fused-ring (bicyclic) bond motifs is 3. The topological polar surface area (TPSA) is 65.4 Å². The van der Waals surface area contributed by atoms with Crippen LogP contribution in [0.5, 0.6) is 0 Å². The number of hydrogen-bond donors (Lipinski definition) is 1. The maximum absolute atomic E-state index is 13.5. The number of nitrogens with one attached hydrogen (secondary N) is 1. The zero-order valence-corrected chi connectivity index (χ0v) is 17.0. The van der Waals surface area contributed by atoms with Crippen LogP contribution < -0.4 is 16.3 Å². The second-order valence-corrected chi connectivity index (χ2v) is 8.76. The van der Waals surface area contributed by atoms with Crippen molar-refractivity contribution in [2.24, 2.45) is 0 Å². The molecule has 6 nitrogen and oxygen atoms in total. The van der Waals surface area contributed by atoms with Crippen LogP contribution in [0, 0.1) is 0 Å². The molecule has 0 aliphatic carbocycles. The fourth-order valence-electron chi connectivity index (χ4n) is 4.46. The minimum absolute atomic E-state index is 0.0494. The summed E-state index contributed by atoms with van der Waals surface area (Å²) in [5.74, 6) is 0. The third kappa shape index (κ3) is 3.81. The zero-order chi connectivity index (χ0) is 18.8. The molecule has 0 amide bonds. The number of para-hydroxylation sites is 2. The molecule has 2 aromatic rings. The van der Waals surface area contributed by atoms with E-state index in [9.17, 15) is 4.79 Å². The van der Waals surface area contributed by atoms with E-state index in [-0.39, 0.29) is 11.6 Å². The summed E-state index contributed by atoms with van der Waals surface area (Å²) in [6.07, 6.45) is 5.66. The van der Waals surface area contributed by atoms with Crippen molar-refractivity contribution >= 4 is 24.8 Å². The fraction of sp³-hybridized carbons (Fsp3) is 0.600. The number of piperidine rings is 2. The van der Waals surface area contributed by atoms with Crippen molar-refractivity contribution < 1.29 is 9.05 Å². The van der Waals surface area contributed by atoms with E-state index < -0.39 is 8.38 Å². The number of hydrogen-bond acceptors (Lipinski definition) is 5. The summed E-state index contributed by atoms with van der Waals surface area (Å²) >= 11 is 0. The van der Waals surface area contributed by atoms with Crippen molar-refractivity contribution in [3.63, 3.8) is 0 Å². The van der Waals surface area contributed by atoms with Gasteiger partial charge in [-0.05, 0) is 51.7 Å². The van der Waals surface area contributed by atoms with Crippen LogP contribution in [-0.2, 0) is 9.05 Å². The van der Waals surface area contributed by atoms with Crippen molar-refractivity contribution in [1.82, 2.24) is 14.9 Å². The van der Waals surface area contributed by atoms with E-state index in [0.717, 1.165) is 23.9 Å². The lowest BCUT2D eigenvalue weighted by molar-refractivity contribution is 0.189. The molecule has 146 valence electrons. The van der Waals surface area contributed by atoms with E-state index in [0.29, 0.717) is 30.7 Å². The van der Waals surface area contributed by atoms with Gasteiger partial charge >= 0.3 is 0 Å². The molecule has 2 aliphatic heterocycles. The summed E-state index contributed by atoms with van der Waals surface area (Å²) in [5, 5.41) is 3.72. The van der Waals surface area contributed by atoms with Crippen LogP contribution in [0.15, 0.2) is 29.1 Å². The molecule has 0 spiro atoms.